The number of aliphatic hydroxyl groups excluding tert-OH is 1. The third kappa shape index (κ3) is 2.66. The van der Waals surface area contributed by atoms with Gasteiger partial charge in [-0.2, -0.15) is 0 Å². The highest BCUT2D eigenvalue weighted by Gasteiger charge is 2.56. The molecule has 5 nitrogen and oxygen atoms in total. The van der Waals surface area contributed by atoms with E-state index in [1.807, 2.05) is 43.0 Å². The SMILES string of the molecule is CCO[C@@H]1C[C@@H](O)C12CCN(C(=O)c1cc3cc(C)ccc3o1)CC2. The lowest BCUT2D eigenvalue weighted by Crippen LogP contribution is -2.62. The van der Waals surface area contributed by atoms with Crippen molar-refractivity contribution in [2.24, 2.45) is 5.41 Å². The second kappa shape index (κ2) is 6.15. The van der Waals surface area contributed by atoms with E-state index in [0.717, 1.165) is 29.4 Å². The smallest absolute Gasteiger partial charge is 0.289 e. The molecule has 4 rings (SSSR count). The van der Waals surface area contributed by atoms with Gasteiger partial charge in [0.05, 0.1) is 12.2 Å². The predicted molar refractivity (Wildman–Crippen MR) is 94.6 cm³/mol. The molecule has 2 aliphatic rings. The van der Waals surface area contributed by atoms with E-state index >= 15 is 0 Å². The third-order valence-electron chi connectivity index (χ3n) is 5.97. The van der Waals surface area contributed by atoms with Crippen LogP contribution in [-0.2, 0) is 4.74 Å². The Kier molecular flexibility index (Phi) is 4.08. The summed E-state index contributed by atoms with van der Waals surface area (Å²) in [5, 5.41) is 11.2. The lowest BCUT2D eigenvalue weighted by atomic mass is 9.58. The number of ether oxygens (including phenoxy) is 1. The van der Waals surface area contributed by atoms with Crippen molar-refractivity contribution in [2.75, 3.05) is 19.7 Å². The van der Waals surface area contributed by atoms with Crippen molar-refractivity contribution in [3.63, 3.8) is 0 Å². The molecule has 0 unspecified atom stereocenters. The third-order valence-corrected chi connectivity index (χ3v) is 5.97. The van der Waals surface area contributed by atoms with E-state index in [1.54, 1.807) is 0 Å². The average Bonchev–Trinajstić information content (AvgIpc) is 3.04. The van der Waals surface area contributed by atoms with Gasteiger partial charge >= 0.3 is 0 Å². The van der Waals surface area contributed by atoms with Crippen molar-refractivity contribution in [1.29, 1.82) is 0 Å². The molecule has 1 aromatic carbocycles. The monoisotopic (exact) mass is 343 g/mol. The highest BCUT2D eigenvalue weighted by molar-refractivity contribution is 5.96. The standard InChI is InChI=1S/C20H25NO4/c1-3-24-18-12-17(22)20(18)6-8-21(9-7-20)19(23)16-11-14-10-13(2)4-5-15(14)25-16/h4-5,10-11,17-18,22H,3,6-9,12H2,1-2H3/t17-,18-/m1/s1. The van der Waals surface area contributed by atoms with E-state index in [2.05, 4.69) is 0 Å². The molecule has 0 bridgehead atoms. The molecule has 134 valence electrons. The second-order valence-corrected chi connectivity index (χ2v) is 7.37. The maximum atomic E-state index is 12.8. The molecule has 1 saturated heterocycles. The van der Waals surface area contributed by atoms with Crippen LogP contribution in [0.3, 0.4) is 0 Å². The molecule has 25 heavy (non-hydrogen) atoms. The number of nitrogens with zero attached hydrogens (tertiary/aromatic N) is 1. The van der Waals surface area contributed by atoms with Gasteiger partial charge in [0.2, 0.25) is 0 Å². The van der Waals surface area contributed by atoms with Gasteiger partial charge in [0.15, 0.2) is 5.76 Å². The van der Waals surface area contributed by atoms with Gasteiger partial charge in [-0.3, -0.25) is 4.79 Å². The molecule has 2 aromatic rings. The van der Waals surface area contributed by atoms with E-state index in [4.69, 9.17) is 9.15 Å². The number of carbonyl (C=O) groups is 1. The number of aliphatic hydroxyl groups is 1. The van der Waals surface area contributed by atoms with Gasteiger partial charge in [0.25, 0.3) is 5.91 Å². The van der Waals surface area contributed by atoms with E-state index in [9.17, 15) is 9.90 Å². The number of fused-ring (bicyclic) bond motifs is 1. The van der Waals surface area contributed by atoms with Gasteiger partial charge in [-0.05, 0) is 44.9 Å². The molecule has 5 heteroatoms. The summed E-state index contributed by atoms with van der Waals surface area (Å²) >= 11 is 0. The zero-order valence-corrected chi connectivity index (χ0v) is 14.8. The number of aryl methyl sites for hydroxylation is 1. The van der Waals surface area contributed by atoms with Crippen LogP contribution in [0.2, 0.25) is 0 Å². The molecule has 1 amide bonds. The number of furan rings is 1. The normalized spacial score (nSPS) is 25.3. The van der Waals surface area contributed by atoms with Crippen molar-refractivity contribution in [3.8, 4) is 0 Å². The summed E-state index contributed by atoms with van der Waals surface area (Å²) < 4.78 is 11.5. The first kappa shape index (κ1) is 16.6. The highest BCUT2D eigenvalue weighted by atomic mass is 16.5. The topological polar surface area (TPSA) is 62.9 Å². The predicted octanol–water partition coefficient (Wildman–Crippen LogP) is 3.13. The summed E-state index contributed by atoms with van der Waals surface area (Å²) in [6.07, 6.45) is 2.09. The molecule has 2 heterocycles. The quantitative estimate of drug-likeness (QED) is 0.930. The van der Waals surface area contributed by atoms with E-state index in [0.29, 0.717) is 31.9 Å². The van der Waals surface area contributed by atoms with Crippen LogP contribution in [0.4, 0.5) is 0 Å². The van der Waals surface area contributed by atoms with Crippen LogP contribution in [0.1, 0.15) is 42.3 Å². The molecule has 2 atom stereocenters. The van der Waals surface area contributed by atoms with Gasteiger partial charge in [-0.1, -0.05) is 11.6 Å². The van der Waals surface area contributed by atoms with Crippen LogP contribution in [-0.4, -0.2) is 47.8 Å². The minimum absolute atomic E-state index is 0.0644. The molecular weight excluding hydrogens is 318 g/mol. The van der Waals surface area contributed by atoms with Crippen LogP contribution < -0.4 is 0 Å². The average molecular weight is 343 g/mol. The van der Waals surface area contributed by atoms with Crippen molar-refractivity contribution < 1.29 is 19.1 Å². The number of likely N-dealkylation sites (tertiary alicyclic amines) is 1. The number of piperidine rings is 1. The van der Waals surface area contributed by atoms with Crippen molar-refractivity contribution in [1.82, 2.24) is 4.90 Å². The zero-order valence-electron chi connectivity index (χ0n) is 14.8. The summed E-state index contributed by atoms with van der Waals surface area (Å²) in [4.78, 5) is 14.6. The van der Waals surface area contributed by atoms with Crippen LogP contribution >= 0.6 is 0 Å². The first-order chi connectivity index (χ1) is 12.0. The van der Waals surface area contributed by atoms with Gasteiger partial charge in [-0.15, -0.1) is 0 Å². The van der Waals surface area contributed by atoms with Crippen LogP contribution in [0.5, 0.6) is 0 Å². The summed E-state index contributed by atoms with van der Waals surface area (Å²) in [7, 11) is 0. The number of hydrogen-bond acceptors (Lipinski definition) is 4. The van der Waals surface area contributed by atoms with Gasteiger partial charge in [0, 0.05) is 36.9 Å². The van der Waals surface area contributed by atoms with Crippen molar-refractivity contribution in [3.05, 3.63) is 35.6 Å². The molecule has 2 fully saturated rings. The number of benzene rings is 1. The maximum Gasteiger partial charge on any atom is 0.289 e. The van der Waals surface area contributed by atoms with Crippen LogP contribution in [0.15, 0.2) is 28.7 Å². The Hall–Kier alpha value is -1.85. The highest BCUT2D eigenvalue weighted by Crippen LogP contribution is 2.51. The Balaban J connectivity index is 1.47. The minimum Gasteiger partial charge on any atom is -0.451 e. The zero-order chi connectivity index (χ0) is 17.6. The number of rotatable bonds is 3. The fourth-order valence-electron chi connectivity index (χ4n) is 4.37. The van der Waals surface area contributed by atoms with Gasteiger partial charge < -0.3 is 19.2 Å². The molecule has 1 saturated carbocycles. The number of carbonyl (C=O) groups excluding carboxylic acids is 1. The van der Waals surface area contributed by atoms with Gasteiger partial charge in [-0.25, -0.2) is 0 Å². The maximum absolute atomic E-state index is 12.8. The fraction of sp³-hybridized carbons (Fsp3) is 0.550. The Morgan fingerprint density at radius 3 is 2.80 bits per heavy atom. The Morgan fingerprint density at radius 2 is 2.12 bits per heavy atom. The molecule has 1 aliphatic carbocycles. The summed E-state index contributed by atoms with van der Waals surface area (Å²) in [6.45, 7) is 5.95. The molecule has 1 spiro atoms. The molecule has 1 N–H and O–H groups in total. The Labute approximate surface area is 147 Å². The van der Waals surface area contributed by atoms with E-state index < -0.39 is 0 Å². The minimum atomic E-state index is -0.310. The summed E-state index contributed by atoms with van der Waals surface area (Å²) in [6, 6.07) is 7.75. The Bertz CT molecular complexity index is 786. The fourth-order valence-corrected chi connectivity index (χ4v) is 4.37. The molecule has 1 aromatic heterocycles. The molecular formula is C20H25NO4. The lowest BCUT2D eigenvalue weighted by molar-refractivity contribution is -0.207. The van der Waals surface area contributed by atoms with E-state index in [1.165, 1.54) is 0 Å². The van der Waals surface area contributed by atoms with Crippen molar-refractivity contribution in [2.45, 2.75) is 45.3 Å². The summed E-state index contributed by atoms with van der Waals surface area (Å²) in [5.74, 6) is 0.331. The number of hydrogen-bond donors (Lipinski definition) is 1. The van der Waals surface area contributed by atoms with Crippen LogP contribution in [0, 0.1) is 12.3 Å². The summed E-state index contributed by atoms with van der Waals surface area (Å²) in [5.41, 5.74) is 1.72. The van der Waals surface area contributed by atoms with Crippen molar-refractivity contribution >= 4 is 16.9 Å². The first-order valence-electron chi connectivity index (χ1n) is 9.12. The first-order valence-corrected chi connectivity index (χ1v) is 9.12. The number of amides is 1. The lowest BCUT2D eigenvalue weighted by Gasteiger charge is -2.56. The van der Waals surface area contributed by atoms with E-state index in [-0.39, 0.29) is 23.5 Å². The Morgan fingerprint density at radius 1 is 1.36 bits per heavy atom. The van der Waals surface area contributed by atoms with Crippen LogP contribution in [0.25, 0.3) is 11.0 Å². The molecule has 0 radical (unpaired) electrons. The second-order valence-electron chi connectivity index (χ2n) is 7.37. The van der Waals surface area contributed by atoms with Gasteiger partial charge in [0.1, 0.15) is 5.58 Å². The molecule has 1 aliphatic heterocycles. The largest absolute Gasteiger partial charge is 0.451 e.